The number of nitrogens with zero attached hydrogens (tertiary/aromatic N) is 1. The summed E-state index contributed by atoms with van der Waals surface area (Å²) in [6.07, 6.45) is 5.10. The molecule has 0 radical (unpaired) electrons. The average Bonchev–Trinajstić information content (AvgIpc) is 3.19. The Balaban J connectivity index is 2.04. The zero-order valence-corrected chi connectivity index (χ0v) is 13.9. The molecule has 116 valence electrons. The molecule has 2 fully saturated rings. The molecule has 3 heteroatoms. The first-order valence-corrected chi connectivity index (χ1v) is 8.50. The number of rotatable bonds is 7. The average molecular weight is 280 g/mol. The maximum atomic E-state index is 12.7. The molecule has 0 aromatic heterocycles. The van der Waals surface area contributed by atoms with Crippen molar-refractivity contribution in [2.75, 3.05) is 6.54 Å². The Bertz CT molecular complexity index is 338. The summed E-state index contributed by atoms with van der Waals surface area (Å²) in [6.45, 7) is 12.1. The fourth-order valence-electron chi connectivity index (χ4n) is 3.33. The van der Waals surface area contributed by atoms with Crippen molar-refractivity contribution in [3.63, 3.8) is 0 Å². The number of nitrogens with one attached hydrogen (secondary N) is 1. The van der Waals surface area contributed by atoms with Crippen LogP contribution in [0.5, 0.6) is 0 Å². The Kier molecular flexibility index (Phi) is 5.11. The molecule has 1 amide bonds. The predicted octanol–water partition coefficient (Wildman–Crippen LogP) is 3.25. The van der Waals surface area contributed by atoms with Crippen LogP contribution < -0.4 is 5.32 Å². The zero-order valence-electron chi connectivity index (χ0n) is 13.9. The molecule has 2 rings (SSSR count). The van der Waals surface area contributed by atoms with Crippen LogP contribution in [0.4, 0.5) is 0 Å². The van der Waals surface area contributed by atoms with Crippen LogP contribution in [-0.2, 0) is 4.79 Å². The van der Waals surface area contributed by atoms with Gasteiger partial charge in [-0.25, -0.2) is 0 Å². The topological polar surface area (TPSA) is 32.3 Å². The maximum absolute atomic E-state index is 12.7. The lowest BCUT2D eigenvalue weighted by Gasteiger charge is -2.28. The van der Waals surface area contributed by atoms with Crippen molar-refractivity contribution in [3.05, 3.63) is 0 Å². The highest BCUT2D eigenvalue weighted by atomic mass is 16.2. The van der Waals surface area contributed by atoms with Crippen LogP contribution in [0.2, 0.25) is 0 Å². The molecule has 0 bridgehead atoms. The third kappa shape index (κ3) is 3.55. The highest BCUT2D eigenvalue weighted by molar-refractivity contribution is 5.84. The van der Waals surface area contributed by atoms with Gasteiger partial charge < -0.3 is 4.90 Å². The molecule has 1 aliphatic carbocycles. The lowest BCUT2D eigenvalue weighted by Crippen LogP contribution is -2.41. The summed E-state index contributed by atoms with van der Waals surface area (Å²) in [5.74, 6) is 2.92. The summed E-state index contributed by atoms with van der Waals surface area (Å²) < 4.78 is 0. The normalized spacial score (nSPS) is 30.1. The molecule has 20 heavy (non-hydrogen) atoms. The third-order valence-electron chi connectivity index (χ3n) is 5.12. The Labute approximate surface area is 124 Å². The standard InChI is InChI=1S/C17H32N2O/c1-6-12(4)16-17(20)19(10-13(5)14-7-8-14)15(18-16)9-11(2)3/h11-16,18H,6-10H2,1-5H3. The number of hydrogen-bond acceptors (Lipinski definition) is 2. The number of hydrogen-bond donors (Lipinski definition) is 1. The molecule has 1 saturated heterocycles. The number of carbonyl (C=O) groups is 1. The molecule has 1 aliphatic heterocycles. The first-order valence-electron chi connectivity index (χ1n) is 8.50. The van der Waals surface area contributed by atoms with E-state index in [-0.39, 0.29) is 12.2 Å². The highest BCUT2D eigenvalue weighted by Gasteiger charge is 2.42. The Morgan fingerprint density at radius 3 is 2.35 bits per heavy atom. The van der Waals surface area contributed by atoms with Crippen LogP contribution in [-0.4, -0.2) is 29.6 Å². The maximum Gasteiger partial charge on any atom is 0.241 e. The minimum atomic E-state index is 0.0372. The fourth-order valence-corrected chi connectivity index (χ4v) is 3.33. The SMILES string of the molecule is CCC(C)C1NC(CC(C)C)N(CC(C)C2CC2)C1=O. The largest absolute Gasteiger partial charge is 0.326 e. The van der Waals surface area contributed by atoms with E-state index in [0.717, 1.165) is 25.3 Å². The van der Waals surface area contributed by atoms with E-state index < -0.39 is 0 Å². The molecule has 3 nitrogen and oxygen atoms in total. The van der Waals surface area contributed by atoms with Crippen molar-refractivity contribution in [3.8, 4) is 0 Å². The smallest absolute Gasteiger partial charge is 0.241 e. The van der Waals surface area contributed by atoms with E-state index in [2.05, 4.69) is 44.8 Å². The van der Waals surface area contributed by atoms with Gasteiger partial charge in [-0.2, -0.15) is 0 Å². The van der Waals surface area contributed by atoms with E-state index in [1.54, 1.807) is 0 Å². The van der Waals surface area contributed by atoms with Gasteiger partial charge in [0.25, 0.3) is 0 Å². The summed E-state index contributed by atoms with van der Waals surface area (Å²) in [4.78, 5) is 14.9. The molecular weight excluding hydrogens is 248 g/mol. The molecule has 0 spiro atoms. The highest BCUT2D eigenvalue weighted by Crippen LogP contribution is 2.38. The Morgan fingerprint density at radius 2 is 1.85 bits per heavy atom. The molecule has 1 heterocycles. The van der Waals surface area contributed by atoms with E-state index in [1.807, 2.05) is 0 Å². The number of amides is 1. The van der Waals surface area contributed by atoms with Crippen LogP contribution in [0, 0.1) is 23.7 Å². The second-order valence-electron chi connectivity index (χ2n) is 7.48. The van der Waals surface area contributed by atoms with Gasteiger partial charge in [-0.1, -0.05) is 41.0 Å². The van der Waals surface area contributed by atoms with Gasteiger partial charge in [0.15, 0.2) is 0 Å². The molecule has 0 aromatic carbocycles. The lowest BCUT2D eigenvalue weighted by atomic mass is 9.99. The van der Waals surface area contributed by atoms with Gasteiger partial charge in [-0.05, 0) is 42.9 Å². The molecule has 1 N–H and O–H groups in total. The van der Waals surface area contributed by atoms with E-state index in [0.29, 0.717) is 23.7 Å². The lowest BCUT2D eigenvalue weighted by molar-refractivity contribution is -0.131. The number of carbonyl (C=O) groups excluding carboxylic acids is 1. The zero-order chi connectivity index (χ0) is 14.9. The first-order chi connectivity index (χ1) is 9.43. The third-order valence-corrected chi connectivity index (χ3v) is 5.12. The molecule has 0 aromatic rings. The summed E-state index contributed by atoms with van der Waals surface area (Å²) in [5.41, 5.74) is 0. The van der Waals surface area contributed by atoms with Crippen LogP contribution >= 0.6 is 0 Å². The van der Waals surface area contributed by atoms with Gasteiger partial charge in [0.2, 0.25) is 5.91 Å². The first kappa shape index (κ1) is 15.8. The van der Waals surface area contributed by atoms with Gasteiger partial charge in [0, 0.05) is 6.54 Å². The van der Waals surface area contributed by atoms with Gasteiger partial charge in [0.05, 0.1) is 12.2 Å². The second-order valence-corrected chi connectivity index (χ2v) is 7.48. The minimum absolute atomic E-state index is 0.0372. The van der Waals surface area contributed by atoms with Crippen molar-refractivity contribution < 1.29 is 4.79 Å². The van der Waals surface area contributed by atoms with Crippen molar-refractivity contribution in [1.29, 1.82) is 0 Å². The quantitative estimate of drug-likeness (QED) is 0.776. The van der Waals surface area contributed by atoms with E-state index in [9.17, 15) is 4.79 Å². The summed E-state index contributed by atoms with van der Waals surface area (Å²) in [5, 5.41) is 3.61. The van der Waals surface area contributed by atoms with Crippen LogP contribution in [0.25, 0.3) is 0 Å². The van der Waals surface area contributed by atoms with Crippen molar-refractivity contribution >= 4 is 5.91 Å². The monoisotopic (exact) mass is 280 g/mol. The Morgan fingerprint density at radius 1 is 1.20 bits per heavy atom. The summed E-state index contributed by atoms with van der Waals surface area (Å²) >= 11 is 0. The van der Waals surface area contributed by atoms with E-state index in [1.165, 1.54) is 12.8 Å². The van der Waals surface area contributed by atoms with Gasteiger partial charge in [-0.15, -0.1) is 0 Å². The van der Waals surface area contributed by atoms with Gasteiger partial charge in [0.1, 0.15) is 0 Å². The molecular formula is C17H32N2O. The molecule has 4 unspecified atom stereocenters. The fraction of sp³-hybridized carbons (Fsp3) is 0.941. The summed E-state index contributed by atoms with van der Waals surface area (Å²) in [6, 6.07) is 0.0372. The molecule has 2 aliphatic rings. The van der Waals surface area contributed by atoms with Crippen LogP contribution in [0.3, 0.4) is 0 Å². The van der Waals surface area contributed by atoms with Crippen LogP contribution in [0.15, 0.2) is 0 Å². The second kappa shape index (κ2) is 6.46. The Hall–Kier alpha value is -0.570. The minimum Gasteiger partial charge on any atom is -0.326 e. The predicted molar refractivity (Wildman–Crippen MR) is 83.2 cm³/mol. The van der Waals surface area contributed by atoms with Crippen molar-refractivity contribution in [2.24, 2.45) is 23.7 Å². The van der Waals surface area contributed by atoms with E-state index >= 15 is 0 Å². The van der Waals surface area contributed by atoms with Crippen LogP contribution in [0.1, 0.15) is 60.3 Å². The van der Waals surface area contributed by atoms with Gasteiger partial charge in [-0.3, -0.25) is 10.1 Å². The van der Waals surface area contributed by atoms with E-state index in [4.69, 9.17) is 0 Å². The summed E-state index contributed by atoms with van der Waals surface area (Å²) in [7, 11) is 0. The molecule has 4 atom stereocenters. The molecule has 1 saturated carbocycles. The van der Waals surface area contributed by atoms with Crippen molar-refractivity contribution in [2.45, 2.75) is 72.5 Å². The van der Waals surface area contributed by atoms with Crippen molar-refractivity contribution in [1.82, 2.24) is 10.2 Å². The van der Waals surface area contributed by atoms with Gasteiger partial charge >= 0.3 is 0 Å².